The van der Waals surface area contributed by atoms with Crippen molar-refractivity contribution in [2.45, 2.75) is 6.04 Å². The van der Waals surface area contributed by atoms with Gasteiger partial charge in [-0.25, -0.2) is 9.37 Å². The Kier molecular flexibility index (Phi) is 5.05. The average molecular weight is 508 g/mol. The highest BCUT2D eigenvalue weighted by atomic mass is 19.1. The molecule has 188 valence electrons. The van der Waals surface area contributed by atoms with Crippen LogP contribution in [-0.2, 0) is 0 Å². The number of hydrogen-bond donors (Lipinski definition) is 3. The monoisotopic (exact) mass is 507 g/mol. The van der Waals surface area contributed by atoms with Gasteiger partial charge in [0.15, 0.2) is 0 Å². The van der Waals surface area contributed by atoms with Crippen molar-refractivity contribution in [3.8, 4) is 39.7 Å². The van der Waals surface area contributed by atoms with E-state index in [1.54, 1.807) is 37.1 Å². The first-order valence-electron chi connectivity index (χ1n) is 12.0. The van der Waals surface area contributed by atoms with E-state index in [0.717, 1.165) is 57.7 Å². The fraction of sp³-hybridized carbons (Fsp3) is 0.148. The Balaban J connectivity index is 1.30. The van der Waals surface area contributed by atoms with Gasteiger partial charge in [0.25, 0.3) is 0 Å². The molecule has 1 saturated heterocycles. The molecule has 4 N–H and O–H groups in total. The van der Waals surface area contributed by atoms with Gasteiger partial charge in [-0.15, -0.1) is 0 Å². The maximum Gasteiger partial charge on any atom is 0.147 e. The predicted octanol–water partition coefficient (Wildman–Crippen LogP) is 3.92. The standard InChI is InChI=1S/C27H22FN9O/c1-38-17-3-14(2-15(28)4-17)20-7-30-8-23-18(20)5-22(33-23)27-19-6-21(32-10-24(19)35-36-27)25-9-31-11-26(34-25)37-12-16(29)13-37/h2-11,16,33H,12-13,29H2,1H3,(H,35,36). The van der Waals surface area contributed by atoms with Crippen molar-refractivity contribution >= 4 is 27.6 Å². The maximum absolute atomic E-state index is 14.2. The molecule has 0 amide bonds. The minimum Gasteiger partial charge on any atom is -0.497 e. The van der Waals surface area contributed by atoms with E-state index in [9.17, 15) is 4.39 Å². The molecular weight excluding hydrogens is 485 g/mol. The molecule has 0 bridgehead atoms. The van der Waals surface area contributed by atoms with Crippen molar-refractivity contribution in [2.24, 2.45) is 5.73 Å². The number of pyridine rings is 2. The smallest absolute Gasteiger partial charge is 0.147 e. The summed E-state index contributed by atoms with van der Waals surface area (Å²) in [5.41, 5.74) is 11.8. The summed E-state index contributed by atoms with van der Waals surface area (Å²) < 4.78 is 19.5. The van der Waals surface area contributed by atoms with Crippen LogP contribution in [0.2, 0.25) is 0 Å². The number of benzene rings is 1. The second kappa shape index (κ2) is 8.60. The Morgan fingerprint density at radius 3 is 2.66 bits per heavy atom. The Morgan fingerprint density at radius 1 is 0.947 bits per heavy atom. The van der Waals surface area contributed by atoms with E-state index < -0.39 is 0 Å². The van der Waals surface area contributed by atoms with E-state index >= 15 is 0 Å². The average Bonchev–Trinajstić information content (AvgIpc) is 3.54. The zero-order chi connectivity index (χ0) is 25.8. The first-order chi connectivity index (χ1) is 18.6. The maximum atomic E-state index is 14.2. The molecule has 10 nitrogen and oxygen atoms in total. The van der Waals surface area contributed by atoms with E-state index in [1.807, 2.05) is 12.1 Å². The molecule has 0 saturated carbocycles. The molecule has 1 aliphatic rings. The van der Waals surface area contributed by atoms with E-state index in [-0.39, 0.29) is 11.9 Å². The quantitative estimate of drug-likeness (QED) is 0.320. The summed E-state index contributed by atoms with van der Waals surface area (Å²) in [5.74, 6) is 0.841. The van der Waals surface area contributed by atoms with Crippen LogP contribution in [0.4, 0.5) is 10.2 Å². The second-order valence-electron chi connectivity index (χ2n) is 9.33. The number of halogens is 1. The largest absolute Gasteiger partial charge is 0.497 e. The van der Waals surface area contributed by atoms with Gasteiger partial charge in [0.05, 0.1) is 54.3 Å². The summed E-state index contributed by atoms with van der Waals surface area (Å²) in [7, 11) is 1.51. The van der Waals surface area contributed by atoms with Crippen LogP contribution in [0.1, 0.15) is 0 Å². The summed E-state index contributed by atoms with van der Waals surface area (Å²) in [6.45, 7) is 1.52. The van der Waals surface area contributed by atoms with Crippen molar-refractivity contribution in [3.05, 3.63) is 67.1 Å². The topological polar surface area (TPSA) is 135 Å². The van der Waals surface area contributed by atoms with Gasteiger partial charge in [-0.1, -0.05) is 0 Å². The third-order valence-corrected chi connectivity index (χ3v) is 6.78. The van der Waals surface area contributed by atoms with Gasteiger partial charge in [-0.3, -0.25) is 20.1 Å². The van der Waals surface area contributed by atoms with Gasteiger partial charge >= 0.3 is 0 Å². The molecule has 1 aliphatic heterocycles. The lowest BCUT2D eigenvalue weighted by atomic mass is 10.0. The van der Waals surface area contributed by atoms with Crippen LogP contribution in [-0.4, -0.2) is 61.4 Å². The van der Waals surface area contributed by atoms with Crippen LogP contribution in [0.5, 0.6) is 5.75 Å². The number of ether oxygens (including phenoxy) is 1. The lowest BCUT2D eigenvalue weighted by Crippen LogP contribution is -2.56. The number of H-pyrrole nitrogens is 2. The van der Waals surface area contributed by atoms with Crippen molar-refractivity contribution in [1.29, 1.82) is 0 Å². The van der Waals surface area contributed by atoms with E-state index in [4.69, 9.17) is 15.5 Å². The molecule has 0 aliphatic carbocycles. The first-order valence-corrected chi connectivity index (χ1v) is 12.0. The third kappa shape index (κ3) is 3.71. The number of anilines is 1. The summed E-state index contributed by atoms with van der Waals surface area (Å²) in [6.07, 6.45) is 8.63. The van der Waals surface area contributed by atoms with Crippen LogP contribution in [0.25, 0.3) is 55.7 Å². The number of rotatable bonds is 5. The Bertz CT molecular complexity index is 1820. The second-order valence-corrected chi connectivity index (χ2v) is 9.33. The molecule has 11 heteroatoms. The van der Waals surface area contributed by atoms with Crippen LogP contribution < -0.4 is 15.4 Å². The van der Waals surface area contributed by atoms with E-state index in [0.29, 0.717) is 22.7 Å². The van der Waals surface area contributed by atoms with Crippen molar-refractivity contribution in [3.63, 3.8) is 0 Å². The van der Waals surface area contributed by atoms with Gasteiger partial charge in [-0.05, 0) is 29.8 Å². The van der Waals surface area contributed by atoms with Gasteiger partial charge in [0.2, 0.25) is 0 Å². The molecule has 38 heavy (non-hydrogen) atoms. The van der Waals surface area contributed by atoms with Gasteiger partial charge in [0.1, 0.15) is 28.8 Å². The molecule has 0 atom stereocenters. The zero-order valence-corrected chi connectivity index (χ0v) is 20.3. The molecule has 1 fully saturated rings. The molecule has 0 spiro atoms. The first kappa shape index (κ1) is 22.3. The van der Waals surface area contributed by atoms with Crippen molar-refractivity contribution < 1.29 is 9.13 Å². The molecule has 5 aromatic heterocycles. The molecule has 6 aromatic rings. The number of methoxy groups -OCH3 is 1. The predicted molar refractivity (Wildman–Crippen MR) is 142 cm³/mol. The Hall–Kier alpha value is -4.90. The molecule has 6 heterocycles. The normalized spacial score (nSPS) is 13.8. The van der Waals surface area contributed by atoms with Gasteiger partial charge < -0.3 is 20.4 Å². The van der Waals surface area contributed by atoms with Crippen LogP contribution in [0.15, 0.2) is 61.3 Å². The Labute approximate surface area is 215 Å². The van der Waals surface area contributed by atoms with E-state index in [2.05, 4.69) is 35.0 Å². The van der Waals surface area contributed by atoms with Gasteiger partial charge in [0, 0.05) is 47.7 Å². The minimum absolute atomic E-state index is 0.165. The number of fused-ring (bicyclic) bond motifs is 2. The lowest BCUT2D eigenvalue weighted by molar-refractivity contribution is 0.411. The summed E-state index contributed by atoms with van der Waals surface area (Å²) in [4.78, 5) is 23.6. The number of nitrogens with two attached hydrogens (primary N) is 1. The number of hydrogen-bond acceptors (Lipinski definition) is 8. The minimum atomic E-state index is -0.380. The fourth-order valence-electron chi connectivity index (χ4n) is 4.84. The summed E-state index contributed by atoms with van der Waals surface area (Å²) in [5, 5.41) is 9.38. The molecule has 1 aromatic carbocycles. The highest BCUT2D eigenvalue weighted by molar-refractivity contribution is 6.01. The number of aromatic amines is 2. The van der Waals surface area contributed by atoms with Crippen LogP contribution in [0, 0.1) is 5.82 Å². The van der Waals surface area contributed by atoms with Gasteiger partial charge in [-0.2, -0.15) is 5.10 Å². The number of nitrogens with zero attached hydrogens (tertiary/aromatic N) is 6. The SMILES string of the molecule is COc1cc(F)cc(-c2cncc3[nH]c(-c4n[nH]c5cnc(-c6cncc(N7CC(N)C7)n6)cc45)cc23)c1. The summed E-state index contributed by atoms with van der Waals surface area (Å²) >= 11 is 0. The lowest BCUT2D eigenvalue weighted by Gasteiger charge is -2.37. The van der Waals surface area contributed by atoms with Crippen LogP contribution >= 0.6 is 0 Å². The van der Waals surface area contributed by atoms with Crippen LogP contribution in [0.3, 0.4) is 0 Å². The fourth-order valence-corrected chi connectivity index (χ4v) is 4.84. The number of nitrogens with one attached hydrogen (secondary N) is 2. The Morgan fingerprint density at radius 2 is 1.82 bits per heavy atom. The molecule has 0 unspecified atom stereocenters. The third-order valence-electron chi connectivity index (χ3n) is 6.78. The molecule has 0 radical (unpaired) electrons. The molecule has 7 rings (SSSR count). The zero-order valence-electron chi connectivity index (χ0n) is 20.3. The van der Waals surface area contributed by atoms with Crippen molar-refractivity contribution in [2.75, 3.05) is 25.1 Å². The summed E-state index contributed by atoms with van der Waals surface area (Å²) in [6, 6.07) is 8.71. The molecular formula is C27H22FN9O. The highest BCUT2D eigenvalue weighted by Crippen LogP contribution is 2.35. The number of aromatic nitrogens is 7. The highest BCUT2D eigenvalue weighted by Gasteiger charge is 2.25. The van der Waals surface area contributed by atoms with E-state index in [1.165, 1.54) is 19.2 Å². The van der Waals surface area contributed by atoms with Crippen molar-refractivity contribution in [1.82, 2.24) is 35.1 Å².